The van der Waals surface area contributed by atoms with E-state index in [1.807, 2.05) is 183 Å². The van der Waals surface area contributed by atoms with Crippen LogP contribution >= 0.6 is 43.2 Å². The minimum atomic E-state index is -0.111. The maximum Gasteiger partial charge on any atom is 0.233 e. The third-order valence-electron chi connectivity index (χ3n) is 20.9. The molecule has 5 rings (SSSR count). The van der Waals surface area contributed by atoms with Gasteiger partial charge in [-0.25, -0.2) is 0 Å². The zero-order valence-electron chi connectivity index (χ0n) is 82.8. The van der Waals surface area contributed by atoms with E-state index in [-0.39, 0.29) is 175 Å². The maximum atomic E-state index is 12.8. The first-order valence-corrected chi connectivity index (χ1v) is 52.5. The van der Waals surface area contributed by atoms with Gasteiger partial charge in [0.15, 0.2) is 0 Å². The highest BCUT2D eigenvalue weighted by atomic mass is 33.1. The lowest BCUT2D eigenvalue weighted by Gasteiger charge is -2.25. The Labute approximate surface area is 761 Å². The molecule has 0 aromatic heterocycles. The Bertz CT molecular complexity index is 2760. The maximum absolute atomic E-state index is 12.8. The summed E-state index contributed by atoms with van der Waals surface area (Å²) in [5.74, 6) is 5.03. The van der Waals surface area contributed by atoms with Crippen molar-refractivity contribution in [1.82, 2.24) is 24.5 Å². The molecule has 26 heteroatoms. The Morgan fingerprint density at radius 3 is 0.877 bits per heavy atom. The monoisotopic (exact) mass is 1810 g/mol. The fourth-order valence-electron chi connectivity index (χ4n) is 15.0. The van der Waals surface area contributed by atoms with Crippen molar-refractivity contribution >= 4 is 84.3 Å². The quantitative estimate of drug-likeness (QED) is 0.0313. The predicted molar refractivity (Wildman–Crippen MR) is 509 cm³/mol. The van der Waals surface area contributed by atoms with Crippen molar-refractivity contribution in [3.05, 3.63) is 0 Å². The van der Waals surface area contributed by atoms with Gasteiger partial charge < -0.3 is 71.9 Å². The highest BCUT2D eigenvalue weighted by Gasteiger charge is 2.42. The number of rotatable bonds is 55. The number of hydrogen-bond acceptors (Lipinski definition) is 21. The molecule has 5 heterocycles. The van der Waals surface area contributed by atoms with Gasteiger partial charge in [-0.3, -0.25) is 33.6 Å². The van der Waals surface area contributed by atoms with E-state index < -0.39 is 0 Å². The molecule has 0 aliphatic carbocycles. The molecule has 0 aromatic rings. The Kier molecular flexibility index (Phi) is 64.6. The molecule has 5 aliphatic rings. The molecule has 5 saturated heterocycles. The Morgan fingerprint density at radius 1 is 0.287 bits per heavy atom. The van der Waals surface area contributed by atoms with Crippen LogP contribution in [0.4, 0.5) is 0 Å². The lowest BCUT2D eigenvalue weighted by Crippen LogP contribution is -2.40. The summed E-state index contributed by atoms with van der Waals surface area (Å²) < 4.78 is 58.3. The van der Waals surface area contributed by atoms with Crippen LogP contribution in [0.5, 0.6) is 0 Å². The molecule has 0 aromatic carbocycles. The summed E-state index contributed by atoms with van der Waals surface area (Å²) in [5.41, 5.74) is 0. The van der Waals surface area contributed by atoms with Crippen LogP contribution < -0.4 is 0 Å². The second-order valence-electron chi connectivity index (χ2n) is 38.8. The van der Waals surface area contributed by atoms with Crippen LogP contribution in [0.15, 0.2) is 0 Å². The molecule has 0 radical (unpaired) electrons. The van der Waals surface area contributed by atoms with Crippen LogP contribution in [0.1, 0.15) is 343 Å². The number of carbonyl (C=O) groups excluding carboxylic acids is 7. The molecule has 22 nitrogen and oxygen atoms in total. The fraction of sp³-hybridized carbons (Fsp3) is 0.927. The van der Waals surface area contributed by atoms with Crippen molar-refractivity contribution in [3.63, 3.8) is 0 Å². The summed E-state index contributed by atoms with van der Waals surface area (Å²) in [6.07, 6.45) is 21.6. The number of nitrogens with zero attached hydrogens (tertiary/aromatic N) is 5. The van der Waals surface area contributed by atoms with E-state index in [4.69, 9.17) is 47.4 Å². The Morgan fingerprint density at radius 2 is 0.574 bits per heavy atom. The van der Waals surface area contributed by atoms with Crippen molar-refractivity contribution in [3.8, 4) is 0 Å². The van der Waals surface area contributed by atoms with Crippen LogP contribution in [-0.2, 0) is 80.9 Å². The van der Waals surface area contributed by atoms with Gasteiger partial charge in [0, 0.05) is 75.3 Å². The van der Waals surface area contributed by atoms with Crippen LogP contribution in [0.3, 0.4) is 0 Å². The van der Waals surface area contributed by atoms with E-state index in [1.165, 1.54) is 51.4 Å². The molecule has 5 amide bonds. The summed E-state index contributed by atoms with van der Waals surface area (Å²) in [7, 11) is 6.90. The lowest BCUT2D eigenvalue weighted by atomic mass is 10.0. The third kappa shape index (κ3) is 57.0. The minimum absolute atomic E-state index is 0.00128. The molecule has 0 unspecified atom stereocenters. The molecule has 5 fully saturated rings. The van der Waals surface area contributed by atoms with Crippen LogP contribution in [0.2, 0.25) is 0 Å². The molecule has 0 saturated carbocycles. The minimum Gasteiger partial charge on any atom is -0.377 e. The van der Waals surface area contributed by atoms with Crippen molar-refractivity contribution < 1.29 is 80.9 Å². The van der Waals surface area contributed by atoms with E-state index >= 15 is 0 Å². The zero-order valence-corrected chi connectivity index (χ0v) is 86.1. The average molecular weight is 1810 g/mol. The first-order valence-electron chi connectivity index (χ1n) is 47.7. The first-order chi connectivity index (χ1) is 57.3. The summed E-state index contributed by atoms with van der Waals surface area (Å²) in [4.78, 5) is 96.6. The van der Waals surface area contributed by atoms with E-state index in [1.54, 1.807) is 37.3 Å². The van der Waals surface area contributed by atoms with Crippen LogP contribution in [0.25, 0.3) is 0 Å². The average Bonchev–Trinajstić information content (AvgIpc) is 1.73. The van der Waals surface area contributed by atoms with E-state index in [2.05, 4.69) is 55.4 Å². The topological polar surface area (TPSA) is 228 Å². The Balaban J connectivity index is 0.000000769. The molecule has 10 atom stereocenters. The number of amides is 5. The summed E-state index contributed by atoms with van der Waals surface area (Å²) >= 11 is 0. The van der Waals surface area contributed by atoms with Crippen molar-refractivity contribution in [2.75, 3.05) is 83.0 Å². The molecule has 122 heavy (non-hydrogen) atoms. The van der Waals surface area contributed by atoms with Gasteiger partial charge in [-0.2, -0.15) is 0 Å². The molecule has 0 spiro atoms. The normalized spacial score (nSPS) is 21.2. The van der Waals surface area contributed by atoms with E-state index in [9.17, 15) is 33.6 Å². The number of hydrogen-bond donors (Lipinski definition) is 0. The predicted octanol–water partition coefficient (Wildman–Crippen LogP) is 20.2. The largest absolute Gasteiger partial charge is 0.377 e. The van der Waals surface area contributed by atoms with Gasteiger partial charge in [-0.05, 0) is 208 Å². The smallest absolute Gasteiger partial charge is 0.233 e. The van der Waals surface area contributed by atoms with E-state index in [0.29, 0.717) is 114 Å². The number of unbranched alkanes of at least 4 members (excludes halogenated alkanes) is 6. The first kappa shape index (κ1) is 118. The lowest BCUT2D eigenvalue weighted by molar-refractivity contribution is -0.139. The van der Waals surface area contributed by atoms with Crippen LogP contribution in [-0.4, -0.2) is 276 Å². The zero-order chi connectivity index (χ0) is 92.3. The second kappa shape index (κ2) is 67.0. The van der Waals surface area contributed by atoms with Crippen molar-refractivity contribution in [2.24, 2.45) is 23.7 Å². The SMILES string of the molecule is CC(C)CCC(=O)N1C[C@H](OC(C)C)C[C@H]1COC(C)C.CC(C)CCCCCCCCCC(=O)CCC(=O)N1C[C@H](OC(C)C)C[C@H]1COC(C)C.CC(C)CCCSSCC(=O)N1C[C@H](OC(C)C)C[C@H]1COC(C)C.CC(C)OC[C@@H]1C[C@@H](OC(C)C)CN1C(=O)CC(=O)C(C)C.CC(C)OC[C@@H]1C[C@@H](OC(C)C)CN1C(=O)CSSC(C)C. The molecular weight excluding hydrogens is 1620 g/mol. The van der Waals surface area contributed by atoms with Gasteiger partial charge in [0.25, 0.3) is 0 Å². The fourth-order valence-corrected chi connectivity index (χ4v) is 18.9. The van der Waals surface area contributed by atoms with Gasteiger partial charge in [0.2, 0.25) is 29.5 Å². The van der Waals surface area contributed by atoms with Gasteiger partial charge in [-0.15, -0.1) is 0 Å². The molecule has 718 valence electrons. The second-order valence-corrected chi connectivity index (χ2v) is 44.4. The number of Topliss-reactive ketones (excluding diaryl/α,β-unsaturated/α-hetero) is 2. The van der Waals surface area contributed by atoms with Gasteiger partial charge in [-0.1, -0.05) is 164 Å². The summed E-state index contributed by atoms with van der Waals surface area (Å²) in [6, 6.07) is 0.493. The highest BCUT2D eigenvalue weighted by molar-refractivity contribution is 8.77. The number of likely N-dealkylation sites (tertiary alicyclic amines) is 5. The molecule has 0 bridgehead atoms. The molecular formula is C96H183N5O17S4. The van der Waals surface area contributed by atoms with E-state index in [0.717, 1.165) is 69.0 Å². The van der Waals surface area contributed by atoms with Gasteiger partial charge in [0.1, 0.15) is 11.6 Å². The summed E-state index contributed by atoms with van der Waals surface area (Å²) in [5, 5.41) is 0.536. The molecule has 5 aliphatic heterocycles. The van der Waals surface area contributed by atoms with Crippen LogP contribution in [0, 0.1) is 23.7 Å². The van der Waals surface area contributed by atoms with Gasteiger partial charge in [0.05, 0.1) is 173 Å². The van der Waals surface area contributed by atoms with Gasteiger partial charge >= 0.3 is 0 Å². The Hall–Kier alpha value is -2.31. The number of ketones is 2. The number of carbonyl (C=O) groups is 7. The third-order valence-corrected chi connectivity index (χ3v) is 26.0. The van der Waals surface area contributed by atoms with Crippen molar-refractivity contribution in [2.45, 2.75) is 470 Å². The summed E-state index contributed by atoms with van der Waals surface area (Å²) in [6.45, 7) is 67.9. The van der Waals surface area contributed by atoms with Crippen molar-refractivity contribution in [1.29, 1.82) is 0 Å². The number of ether oxygens (including phenoxy) is 10. The standard InChI is InChI=1S/C27H51NO4.C19H37NO3S2.C17H31NO4.C17H33NO3.C16H31NO3S2/c1-21(2)14-12-10-8-7-9-11-13-15-25(29)16-17-27(30)28-19-26(32-23(5)6)18-24(28)20-31-22(3)4;1-14(2)8-7-9-24-25-13-19(21)20-11-18(23-16(5)6)10-17(20)12-22-15(3)4;1-11(2)16(19)8-17(20)18-9-15(22-13(5)6)7-14(18)10-21-12(3)4;1-12(2)7-8-17(19)18-10-16(21-14(5)6)9-15(18)11-20-13(3)4;1-11(2)19-9-14-7-15(20-12(3)4)8-17(14)16(18)10-21-22-13(5)6/h21-24,26H,7-20H2,1-6H3;14-18H,7-13H2,1-6H3;11-15H,7-10H2,1-6H3;12-16H,7-11H2,1-6H3;11-15H,7-10H2,1-6H3/t24-,26+;17-,18+;14-,15+;15-,16+;14-,15+/m00000/s1. The molecule has 0 N–H and O–H groups in total. The highest BCUT2D eigenvalue weighted by Crippen LogP contribution is 2.33.